The Kier molecular flexibility index (Phi) is 7.88. The van der Waals surface area contributed by atoms with Crippen LogP contribution in [0.2, 0.25) is 0 Å². The third-order valence-electron chi connectivity index (χ3n) is 7.43. The maximum absolute atomic E-state index is 12.6. The Morgan fingerprint density at radius 2 is 1.90 bits per heavy atom. The quantitative estimate of drug-likeness (QED) is 0.577. The first-order valence-corrected chi connectivity index (χ1v) is 13.8. The van der Waals surface area contributed by atoms with Crippen LogP contribution in [0, 0.1) is 0 Å². The molecule has 0 aliphatic carbocycles. The van der Waals surface area contributed by atoms with Crippen LogP contribution in [0.5, 0.6) is 5.75 Å². The van der Waals surface area contributed by atoms with Crippen molar-refractivity contribution in [3.63, 3.8) is 0 Å². The number of amides is 2. The smallest absolute Gasteiger partial charge is 0.408 e. The number of anilines is 1. The zero-order valence-electron chi connectivity index (χ0n) is 23.0. The molecule has 9 heteroatoms. The number of nitrogens with one attached hydrogen (secondary N) is 2. The van der Waals surface area contributed by atoms with E-state index in [0.717, 1.165) is 41.8 Å². The average molecular weight is 538 g/mol. The van der Waals surface area contributed by atoms with E-state index >= 15 is 0 Å². The number of ether oxygens (including phenoxy) is 4. The fraction of sp³-hybridized carbons (Fsp3) is 0.533. The van der Waals surface area contributed by atoms with Gasteiger partial charge in [0.2, 0.25) is 0 Å². The normalized spacial score (nSPS) is 24.4. The Labute approximate surface area is 230 Å². The van der Waals surface area contributed by atoms with Crippen LogP contribution in [0.3, 0.4) is 0 Å². The van der Waals surface area contributed by atoms with Gasteiger partial charge in [-0.25, -0.2) is 9.59 Å². The van der Waals surface area contributed by atoms with Crippen molar-refractivity contribution < 1.29 is 28.5 Å². The molecule has 3 aliphatic heterocycles. The molecule has 210 valence electrons. The predicted molar refractivity (Wildman–Crippen MR) is 147 cm³/mol. The summed E-state index contributed by atoms with van der Waals surface area (Å²) in [6.45, 7) is 8.18. The summed E-state index contributed by atoms with van der Waals surface area (Å²) < 4.78 is 23.3. The second-order valence-electron chi connectivity index (χ2n) is 11.7. The molecule has 9 nitrogen and oxygen atoms in total. The minimum absolute atomic E-state index is 0.167. The molecule has 0 radical (unpaired) electrons. The van der Waals surface area contributed by atoms with E-state index in [1.54, 1.807) is 0 Å². The SMILES string of the molecule is CC(C)(C)OC(=O)NC1CN(c2ccc3c(c2)OC[C@H](NC(=O)OCc2ccccc2)C3)CC12CCCCO2. The predicted octanol–water partition coefficient (Wildman–Crippen LogP) is 4.57. The van der Waals surface area contributed by atoms with Gasteiger partial charge in [-0.1, -0.05) is 36.4 Å². The van der Waals surface area contributed by atoms with Crippen molar-refractivity contribution in [2.75, 3.05) is 31.2 Å². The van der Waals surface area contributed by atoms with Gasteiger partial charge in [-0.3, -0.25) is 0 Å². The highest BCUT2D eigenvalue weighted by molar-refractivity contribution is 5.69. The van der Waals surface area contributed by atoms with Crippen molar-refractivity contribution >= 4 is 17.9 Å². The van der Waals surface area contributed by atoms with Gasteiger partial charge in [0.05, 0.1) is 12.1 Å². The molecule has 5 rings (SSSR count). The number of rotatable bonds is 5. The van der Waals surface area contributed by atoms with Gasteiger partial charge in [0.15, 0.2) is 0 Å². The van der Waals surface area contributed by atoms with Crippen LogP contribution >= 0.6 is 0 Å². The van der Waals surface area contributed by atoms with Crippen molar-refractivity contribution in [2.24, 2.45) is 0 Å². The van der Waals surface area contributed by atoms with Crippen LogP contribution in [0.4, 0.5) is 15.3 Å². The lowest BCUT2D eigenvalue weighted by atomic mass is 9.89. The van der Waals surface area contributed by atoms with Crippen LogP contribution in [0.1, 0.15) is 51.2 Å². The van der Waals surface area contributed by atoms with Crippen molar-refractivity contribution in [3.05, 3.63) is 59.7 Å². The van der Waals surface area contributed by atoms with Crippen molar-refractivity contribution in [1.82, 2.24) is 10.6 Å². The number of carbonyl (C=O) groups is 2. The molecular weight excluding hydrogens is 498 g/mol. The van der Waals surface area contributed by atoms with Gasteiger partial charge >= 0.3 is 12.2 Å². The molecule has 0 aromatic heterocycles. The van der Waals surface area contributed by atoms with Gasteiger partial charge in [-0.15, -0.1) is 0 Å². The molecule has 2 aromatic carbocycles. The Hall–Kier alpha value is -3.46. The molecule has 39 heavy (non-hydrogen) atoms. The second-order valence-corrected chi connectivity index (χ2v) is 11.7. The van der Waals surface area contributed by atoms with Gasteiger partial charge in [-0.2, -0.15) is 0 Å². The van der Waals surface area contributed by atoms with Gasteiger partial charge in [0, 0.05) is 31.5 Å². The summed E-state index contributed by atoms with van der Waals surface area (Å²) in [5.74, 6) is 0.811. The Morgan fingerprint density at radius 1 is 1.08 bits per heavy atom. The molecule has 2 unspecified atom stereocenters. The van der Waals surface area contributed by atoms with Crippen LogP contribution < -0.4 is 20.3 Å². The van der Waals surface area contributed by atoms with E-state index in [1.807, 2.05) is 57.2 Å². The minimum Gasteiger partial charge on any atom is -0.491 e. The van der Waals surface area contributed by atoms with E-state index in [2.05, 4.69) is 27.7 Å². The number of hydrogen-bond donors (Lipinski definition) is 2. The lowest BCUT2D eigenvalue weighted by Crippen LogP contribution is -2.55. The summed E-state index contributed by atoms with van der Waals surface area (Å²) >= 11 is 0. The highest BCUT2D eigenvalue weighted by Crippen LogP contribution is 2.38. The number of carbonyl (C=O) groups excluding carboxylic acids is 2. The van der Waals surface area contributed by atoms with Crippen molar-refractivity contribution in [3.8, 4) is 5.75 Å². The molecule has 3 aliphatic rings. The zero-order valence-corrected chi connectivity index (χ0v) is 23.0. The van der Waals surface area contributed by atoms with Gasteiger partial charge in [0.1, 0.15) is 30.2 Å². The first kappa shape index (κ1) is 27.1. The van der Waals surface area contributed by atoms with Gasteiger partial charge in [-0.05, 0) is 63.6 Å². The molecule has 1 spiro atoms. The number of nitrogens with zero attached hydrogens (tertiary/aromatic N) is 1. The minimum atomic E-state index is -0.565. The van der Waals surface area contributed by atoms with Crippen molar-refractivity contribution in [1.29, 1.82) is 0 Å². The fourth-order valence-corrected chi connectivity index (χ4v) is 5.56. The second kappa shape index (κ2) is 11.3. The third kappa shape index (κ3) is 6.76. The molecule has 2 aromatic rings. The first-order valence-electron chi connectivity index (χ1n) is 13.8. The Bertz CT molecular complexity index is 1160. The van der Waals surface area contributed by atoms with Crippen molar-refractivity contribution in [2.45, 2.75) is 76.3 Å². The van der Waals surface area contributed by atoms with Crippen LogP contribution in [0.25, 0.3) is 0 Å². The van der Waals surface area contributed by atoms with E-state index in [0.29, 0.717) is 32.7 Å². The van der Waals surface area contributed by atoms with Crippen LogP contribution in [-0.2, 0) is 27.2 Å². The van der Waals surface area contributed by atoms with E-state index in [4.69, 9.17) is 18.9 Å². The Balaban J connectivity index is 1.20. The summed E-state index contributed by atoms with van der Waals surface area (Å²) in [6, 6.07) is 15.4. The fourth-order valence-electron chi connectivity index (χ4n) is 5.56. The maximum atomic E-state index is 12.6. The van der Waals surface area contributed by atoms with Gasteiger partial charge in [0.25, 0.3) is 0 Å². The monoisotopic (exact) mass is 537 g/mol. The average Bonchev–Trinajstić information content (AvgIpc) is 3.23. The molecule has 2 N–H and O–H groups in total. The summed E-state index contributed by atoms with van der Waals surface area (Å²) in [6.07, 6.45) is 2.77. The third-order valence-corrected chi connectivity index (χ3v) is 7.43. The largest absolute Gasteiger partial charge is 0.491 e. The topological polar surface area (TPSA) is 98.4 Å². The standard InChI is InChI=1S/C30H39N3O6/c1-29(2,3)39-28(35)32-26-17-33(20-30(26)13-7-8-14-38-30)24-12-11-22-15-23(19-36-25(22)16-24)31-27(34)37-18-21-9-5-4-6-10-21/h4-6,9-12,16,23,26H,7-8,13-15,17-20H2,1-3H3,(H,31,34)(H,32,35)/t23-,26?,30?/m1/s1. The van der Waals surface area contributed by atoms with E-state index in [1.165, 1.54) is 0 Å². The van der Waals surface area contributed by atoms with Crippen LogP contribution in [0.15, 0.2) is 48.5 Å². The first-order chi connectivity index (χ1) is 18.7. The summed E-state index contributed by atoms with van der Waals surface area (Å²) in [4.78, 5) is 27.2. The summed E-state index contributed by atoms with van der Waals surface area (Å²) in [5, 5.41) is 6.00. The summed E-state index contributed by atoms with van der Waals surface area (Å²) in [5.41, 5.74) is 1.98. The highest BCUT2D eigenvalue weighted by atomic mass is 16.6. The number of fused-ring (bicyclic) bond motifs is 1. The number of benzene rings is 2. The number of hydrogen-bond acceptors (Lipinski definition) is 7. The molecular formula is C30H39N3O6. The highest BCUT2D eigenvalue weighted by Gasteiger charge is 2.50. The van der Waals surface area contributed by atoms with Crippen LogP contribution in [-0.4, -0.2) is 61.8 Å². The molecule has 0 bridgehead atoms. The summed E-state index contributed by atoms with van der Waals surface area (Å²) in [7, 11) is 0. The molecule has 0 saturated carbocycles. The lowest BCUT2D eigenvalue weighted by molar-refractivity contribution is -0.0788. The molecule has 3 atom stereocenters. The molecule has 2 fully saturated rings. The molecule has 2 saturated heterocycles. The zero-order chi connectivity index (χ0) is 27.5. The van der Waals surface area contributed by atoms with E-state index in [-0.39, 0.29) is 18.7 Å². The Morgan fingerprint density at radius 3 is 2.64 bits per heavy atom. The van der Waals surface area contributed by atoms with E-state index < -0.39 is 23.4 Å². The molecule has 3 heterocycles. The molecule has 2 amide bonds. The van der Waals surface area contributed by atoms with E-state index in [9.17, 15) is 9.59 Å². The van der Waals surface area contributed by atoms with Gasteiger partial charge < -0.3 is 34.5 Å². The maximum Gasteiger partial charge on any atom is 0.408 e. The number of alkyl carbamates (subject to hydrolysis) is 2. The lowest BCUT2D eigenvalue weighted by Gasteiger charge is -2.38.